The normalized spacial score (nSPS) is 13.9. The average molecular weight is 1960 g/mol. The molecule has 0 saturated heterocycles. The second-order valence-electron chi connectivity index (χ2n) is 34.3. The molecule has 4 aliphatic heterocycles. The van der Waals surface area contributed by atoms with Crippen LogP contribution in [0.15, 0.2) is 337 Å². The monoisotopic (exact) mass is 1960 g/mol. The number of rotatable bonds is 14. The quantitative estimate of drug-likeness (QED) is 0.0973. The van der Waals surface area contributed by atoms with Crippen LogP contribution in [-0.4, -0.2) is 39.0 Å². The van der Waals surface area contributed by atoms with E-state index in [9.17, 15) is 0 Å². The number of aromatic nitrogens is 8. The van der Waals surface area contributed by atoms with Gasteiger partial charge in [-0.25, -0.2) is 9.97 Å². The smallest absolute Gasteiger partial charge is 0.456 e. The Hall–Kier alpha value is -13.8. The van der Waals surface area contributed by atoms with Gasteiger partial charge in [0.2, 0.25) is 0 Å². The molecular formula is C110H78N10O2Pt2. The third kappa shape index (κ3) is 12.1. The van der Waals surface area contributed by atoms with Gasteiger partial charge in [0.15, 0.2) is 5.76 Å². The summed E-state index contributed by atoms with van der Waals surface area (Å²) < 4.78 is 18.7. The first-order valence-corrected chi connectivity index (χ1v) is 41.5. The number of benzene rings is 10. The minimum atomic E-state index is -0.234. The summed E-state index contributed by atoms with van der Waals surface area (Å²) >= 11 is 0. The van der Waals surface area contributed by atoms with Crippen molar-refractivity contribution in [3.63, 3.8) is 0 Å². The Morgan fingerprint density at radius 3 is 0.903 bits per heavy atom. The summed E-state index contributed by atoms with van der Waals surface area (Å²) in [6.07, 6.45) is 9.09. The molecule has 0 fully saturated rings. The van der Waals surface area contributed by atoms with E-state index in [1.54, 1.807) is 24.8 Å². The Morgan fingerprint density at radius 2 is 0.573 bits per heavy atom. The van der Waals surface area contributed by atoms with Crippen molar-refractivity contribution in [3.8, 4) is 102 Å². The maximum Gasteiger partial charge on any atom is 2.00 e. The van der Waals surface area contributed by atoms with Crippen LogP contribution in [-0.2, 0) is 63.8 Å². The molecule has 0 aliphatic carbocycles. The van der Waals surface area contributed by atoms with E-state index in [1.807, 2.05) is 182 Å². The molecule has 0 saturated carbocycles. The molecule has 0 spiro atoms. The van der Waals surface area contributed by atoms with Crippen LogP contribution >= 0.6 is 0 Å². The molecule has 0 atom stereocenters. The SMILES string of the molecule is CC1(C)c2cc(-c3ccc(-c4ccc(N(c5[c-]c(-c6ccccn6)ccc5)c5[c-]c(-c6ccccn6)ccc5)nc4)o3)cc3c2-n2c4c1cccc4c1cccc(c12)C3(C)C.CC1(C)c2cc(-c3ccc(-c4cccc(N(c5[c-]c(-c6ccccn6)ccc5)c5[c-]c(-c6ccccn6)ccc5)n4)o3)cc3c2-n2c4c1cccc4c1cccc(c12)C3(C)C.[Pt+2].[Pt+2]. The summed E-state index contributed by atoms with van der Waals surface area (Å²) in [7, 11) is 0. The number of furan rings is 2. The van der Waals surface area contributed by atoms with Crippen molar-refractivity contribution in [2.24, 2.45) is 0 Å². The topological polar surface area (TPSA) is 120 Å². The van der Waals surface area contributed by atoms with E-state index in [2.05, 4.69) is 240 Å². The van der Waals surface area contributed by atoms with Gasteiger partial charge in [-0.3, -0.25) is 0 Å². The zero-order valence-corrected chi connectivity index (χ0v) is 73.6. The summed E-state index contributed by atoms with van der Waals surface area (Å²) in [6, 6.07) is 118. The molecular weight excluding hydrogens is 1880 g/mol. The van der Waals surface area contributed by atoms with Gasteiger partial charge in [-0.05, 0) is 187 Å². The zero-order chi connectivity index (χ0) is 82.1. The maximum atomic E-state index is 6.85. The van der Waals surface area contributed by atoms with E-state index in [0.717, 1.165) is 107 Å². The van der Waals surface area contributed by atoms with Crippen LogP contribution in [0.4, 0.5) is 34.4 Å². The van der Waals surface area contributed by atoms with Crippen molar-refractivity contribution in [2.75, 3.05) is 9.80 Å². The van der Waals surface area contributed by atoms with Crippen LogP contribution in [0.3, 0.4) is 0 Å². The zero-order valence-electron chi connectivity index (χ0n) is 69.1. The minimum Gasteiger partial charge on any atom is -0.456 e. The van der Waals surface area contributed by atoms with Crippen LogP contribution < -0.4 is 9.80 Å². The third-order valence-electron chi connectivity index (χ3n) is 25.8. The molecule has 20 aromatic rings. The summed E-state index contributed by atoms with van der Waals surface area (Å²) in [5, 5.41) is 5.29. The van der Waals surface area contributed by atoms with Gasteiger partial charge in [-0.15, -0.1) is 119 Å². The van der Waals surface area contributed by atoms with E-state index in [1.165, 1.54) is 99.5 Å². The molecule has 12 nitrogen and oxygen atoms in total. The van der Waals surface area contributed by atoms with Crippen molar-refractivity contribution in [1.82, 2.24) is 39.0 Å². The van der Waals surface area contributed by atoms with Crippen molar-refractivity contribution >= 4 is 78.0 Å². The van der Waals surface area contributed by atoms with E-state index >= 15 is 0 Å². The number of nitrogens with zero attached hydrogens (tertiary/aromatic N) is 10. The molecule has 0 N–H and O–H groups in total. The summed E-state index contributed by atoms with van der Waals surface area (Å²) in [5.41, 5.74) is 31.5. The molecule has 24 rings (SSSR count). The number of para-hydroxylation sites is 4. The van der Waals surface area contributed by atoms with Gasteiger partial charge in [-0.1, -0.05) is 183 Å². The van der Waals surface area contributed by atoms with Gasteiger partial charge in [-0.2, -0.15) is 0 Å². The van der Waals surface area contributed by atoms with Gasteiger partial charge < -0.3 is 47.7 Å². The first-order valence-electron chi connectivity index (χ1n) is 41.5. The molecule has 4 aliphatic rings. The van der Waals surface area contributed by atoms with Gasteiger partial charge in [0.25, 0.3) is 0 Å². The first-order chi connectivity index (χ1) is 59.5. The molecule has 124 heavy (non-hydrogen) atoms. The molecule has 14 heterocycles. The van der Waals surface area contributed by atoms with Crippen molar-refractivity contribution in [3.05, 3.63) is 397 Å². The van der Waals surface area contributed by atoms with Crippen LogP contribution in [0, 0.1) is 24.3 Å². The fourth-order valence-electron chi connectivity index (χ4n) is 19.6. The van der Waals surface area contributed by atoms with Crippen molar-refractivity contribution in [1.29, 1.82) is 0 Å². The van der Waals surface area contributed by atoms with Crippen LogP contribution in [0.1, 0.15) is 99.9 Å². The Labute approximate surface area is 747 Å². The van der Waals surface area contributed by atoms with Gasteiger partial charge >= 0.3 is 42.1 Å². The molecule has 0 unspecified atom stereocenters. The Bertz CT molecular complexity index is 7300. The summed E-state index contributed by atoms with van der Waals surface area (Å²) in [4.78, 5) is 32.9. The maximum absolute atomic E-state index is 6.85. The number of hydrogen-bond acceptors (Lipinski definition) is 10. The van der Waals surface area contributed by atoms with Gasteiger partial charge in [0.1, 0.15) is 34.6 Å². The average Bonchev–Trinajstić information content (AvgIpc) is 1.48. The Balaban J connectivity index is 0.000000150. The van der Waals surface area contributed by atoms with Crippen LogP contribution in [0.5, 0.6) is 0 Å². The van der Waals surface area contributed by atoms with Crippen LogP contribution in [0.25, 0.3) is 145 Å². The molecule has 0 amide bonds. The predicted molar refractivity (Wildman–Crippen MR) is 490 cm³/mol. The van der Waals surface area contributed by atoms with E-state index in [4.69, 9.17) is 18.8 Å². The molecule has 0 bridgehead atoms. The predicted octanol–water partition coefficient (Wildman–Crippen LogP) is 27.2. The number of fused-ring (bicyclic) bond motifs is 2. The second-order valence-corrected chi connectivity index (χ2v) is 34.3. The number of hydrogen-bond donors (Lipinski definition) is 0. The van der Waals surface area contributed by atoms with Crippen LogP contribution in [0.2, 0.25) is 0 Å². The fraction of sp³-hybridized carbons (Fsp3) is 0.109. The minimum absolute atomic E-state index is 0. The van der Waals surface area contributed by atoms with Crippen molar-refractivity contribution < 1.29 is 51.0 Å². The van der Waals surface area contributed by atoms with Gasteiger partial charge in [0.05, 0.1) is 33.4 Å². The molecule has 14 heteroatoms. The number of anilines is 6. The molecule has 0 radical (unpaired) electrons. The molecule has 600 valence electrons. The fourth-order valence-corrected chi connectivity index (χ4v) is 19.6. The Morgan fingerprint density at radius 1 is 0.266 bits per heavy atom. The largest absolute Gasteiger partial charge is 2.00 e. The van der Waals surface area contributed by atoms with E-state index in [-0.39, 0.29) is 63.8 Å². The van der Waals surface area contributed by atoms with Crippen molar-refractivity contribution in [2.45, 2.75) is 77.0 Å². The summed E-state index contributed by atoms with van der Waals surface area (Å²) in [6.45, 7) is 18.9. The van der Waals surface area contributed by atoms with E-state index in [0.29, 0.717) is 17.4 Å². The molecule has 10 aromatic carbocycles. The number of pyridine rings is 6. The van der Waals surface area contributed by atoms with Gasteiger partial charge in [0, 0.05) is 90.9 Å². The molecule has 10 aromatic heterocycles. The summed E-state index contributed by atoms with van der Waals surface area (Å²) in [5.74, 6) is 4.48. The third-order valence-corrected chi connectivity index (χ3v) is 25.8. The second kappa shape index (κ2) is 29.5. The van der Waals surface area contributed by atoms with E-state index < -0.39 is 0 Å². The standard InChI is InChI=1S/2C55H39N5O.2Pt/c1-54(2)41-20-11-18-39-40-19-12-21-42-52(40)60(51(39)41)53-43(54)32-36(33-44(53)55(42,3)4)48-26-27-49(61-48)47-24-13-25-50(58-47)59(37-16-9-14-34(30-37)45-22-5-7-28-56-45)38-17-10-15-35(31-38)46-23-6-8-29-57-46;1-54(2)42-19-11-17-40-41-18-12-20-43-52(41)60(51(40)42)53-44(54)31-37(32-45(53)55(43,3)4)49-25-24-48(61-49)36-23-26-50(58-33-36)59(38-15-9-13-34(29-38)46-21-5-7-27-56-46)39-16-10-14-35(30-39)47-22-6-8-28-57-47;;/h5-29,32-33H,1-4H3;5-28,31-33H,1-4H3;;/q2*-2;2*+2. The Kier molecular flexibility index (Phi) is 18.5. The first kappa shape index (κ1) is 77.6.